The highest BCUT2D eigenvalue weighted by molar-refractivity contribution is 8.03. The predicted molar refractivity (Wildman–Crippen MR) is 47.8 cm³/mol. The van der Waals surface area contributed by atoms with Crippen LogP contribution in [0.3, 0.4) is 0 Å². The van der Waals surface area contributed by atoms with Crippen molar-refractivity contribution >= 4 is 11.8 Å². The van der Waals surface area contributed by atoms with Crippen molar-refractivity contribution in [2.75, 3.05) is 0 Å². The zero-order valence-electron chi connectivity index (χ0n) is 7.43. The second kappa shape index (κ2) is 3.77. The third-order valence-electron chi connectivity index (χ3n) is 1.25. The average molecular weight is 198 g/mol. The Bertz CT molecular complexity index is 322. The lowest BCUT2D eigenvalue weighted by Crippen LogP contribution is -2.27. The fraction of sp³-hybridized carbons (Fsp3) is 0.571. The van der Waals surface area contributed by atoms with Gasteiger partial charge in [0.25, 0.3) is 0 Å². The minimum absolute atomic E-state index is 0.330. The summed E-state index contributed by atoms with van der Waals surface area (Å²) >= 11 is 0.933. The molecule has 0 bridgehead atoms. The van der Waals surface area contributed by atoms with Crippen LogP contribution in [0, 0.1) is 10.7 Å². The molecule has 1 aromatic heterocycles. The summed E-state index contributed by atoms with van der Waals surface area (Å²) in [6.45, 7) is 3.68. The molecule has 0 spiro atoms. The van der Waals surface area contributed by atoms with E-state index in [1.54, 1.807) is 13.8 Å². The summed E-state index contributed by atoms with van der Waals surface area (Å²) in [4.78, 5) is 3.87. The fourth-order valence-corrected chi connectivity index (χ4v) is 1.25. The molecule has 1 heterocycles. The highest BCUT2D eigenvalue weighted by atomic mass is 32.2. The molecule has 0 atom stereocenters. The van der Waals surface area contributed by atoms with E-state index in [9.17, 15) is 5.11 Å². The van der Waals surface area contributed by atoms with Gasteiger partial charge in [-0.3, -0.25) is 0 Å². The summed E-state index contributed by atoms with van der Waals surface area (Å²) in [5.74, 6) is 0. The number of nitriles is 1. The van der Waals surface area contributed by atoms with E-state index >= 15 is 0 Å². The van der Waals surface area contributed by atoms with Crippen molar-refractivity contribution in [3.8, 4) is 5.40 Å². The largest absolute Gasteiger partial charge is 0.389 e. The SMILES string of the molecule is CC(C)(O)Cn1ncnc1SC#N. The molecule has 1 N–H and O–H groups in total. The van der Waals surface area contributed by atoms with Gasteiger partial charge in [0, 0.05) is 11.8 Å². The van der Waals surface area contributed by atoms with Gasteiger partial charge in [-0.1, -0.05) is 0 Å². The molecule has 1 aromatic rings. The summed E-state index contributed by atoms with van der Waals surface area (Å²) in [6.07, 6.45) is 1.37. The maximum Gasteiger partial charge on any atom is 0.200 e. The van der Waals surface area contributed by atoms with E-state index in [0.29, 0.717) is 11.7 Å². The summed E-state index contributed by atoms with van der Waals surface area (Å²) in [5, 5.41) is 24.2. The van der Waals surface area contributed by atoms with Crippen molar-refractivity contribution in [3.05, 3.63) is 6.33 Å². The molecule has 5 nitrogen and oxygen atoms in total. The molecule has 1 rings (SSSR count). The van der Waals surface area contributed by atoms with E-state index in [2.05, 4.69) is 10.1 Å². The Morgan fingerprint density at radius 2 is 2.46 bits per heavy atom. The first kappa shape index (κ1) is 10.0. The number of aromatic nitrogens is 3. The molecule has 0 aromatic carbocycles. The van der Waals surface area contributed by atoms with E-state index in [4.69, 9.17) is 5.26 Å². The molecule has 0 unspecified atom stereocenters. The van der Waals surface area contributed by atoms with Crippen LogP contribution in [0.15, 0.2) is 11.5 Å². The molecule has 0 aliphatic carbocycles. The molecule has 13 heavy (non-hydrogen) atoms. The molecule has 0 aliphatic rings. The number of aliphatic hydroxyl groups is 1. The van der Waals surface area contributed by atoms with Crippen molar-refractivity contribution in [1.82, 2.24) is 14.8 Å². The van der Waals surface area contributed by atoms with Crippen LogP contribution < -0.4 is 0 Å². The highest BCUT2D eigenvalue weighted by Gasteiger charge is 2.16. The zero-order valence-corrected chi connectivity index (χ0v) is 8.25. The Labute approximate surface area is 80.4 Å². The molecule has 0 radical (unpaired) electrons. The van der Waals surface area contributed by atoms with Crippen LogP contribution in [0.2, 0.25) is 0 Å². The van der Waals surface area contributed by atoms with E-state index in [1.165, 1.54) is 11.0 Å². The van der Waals surface area contributed by atoms with Gasteiger partial charge >= 0.3 is 0 Å². The van der Waals surface area contributed by atoms with Crippen molar-refractivity contribution in [3.63, 3.8) is 0 Å². The minimum Gasteiger partial charge on any atom is -0.389 e. The Hall–Kier alpha value is -1.06. The second-order valence-electron chi connectivity index (χ2n) is 3.21. The van der Waals surface area contributed by atoms with E-state index in [1.807, 2.05) is 5.40 Å². The van der Waals surface area contributed by atoms with Crippen LogP contribution in [0.1, 0.15) is 13.8 Å². The van der Waals surface area contributed by atoms with Gasteiger partial charge in [-0.05, 0) is 13.8 Å². The van der Waals surface area contributed by atoms with Crippen LogP contribution in [-0.4, -0.2) is 25.5 Å². The number of hydrogen-bond acceptors (Lipinski definition) is 5. The van der Waals surface area contributed by atoms with E-state index < -0.39 is 5.60 Å². The standard InChI is InChI=1S/C7H10N4OS/c1-7(2,12)3-11-6(13-4-8)9-5-10-11/h5,12H,3H2,1-2H3. The van der Waals surface area contributed by atoms with Crippen molar-refractivity contribution in [1.29, 1.82) is 5.26 Å². The summed E-state index contributed by atoms with van der Waals surface area (Å²) < 4.78 is 1.51. The van der Waals surface area contributed by atoms with Gasteiger partial charge in [0.15, 0.2) is 0 Å². The average Bonchev–Trinajstić information content (AvgIpc) is 2.34. The third-order valence-corrected chi connectivity index (χ3v) is 1.84. The normalized spacial score (nSPS) is 11.2. The van der Waals surface area contributed by atoms with Gasteiger partial charge < -0.3 is 5.11 Å². The van der Waals surface area contributed by atoms with Crippen molar-refractivity contribution < 1.29 is 5.11 Å². The number of nitrogens with zero attached hydrogens (tertiary/aromatic N) is 4. The Kier molecular flexibility index (Phi) is 2.90. The number of hydrogen-bond donors (Lipinski definition) is 1. The number of rotatable bonds is 3. The molecule has 0 aliphatic heterocycles. The van der Waals surface area contributed by atoms with Crippen LogP contribution >= 0.6 is 11.8 Å². The van der Waals surface area contributed by atoms with E-state index in [-0.39, 0.29) is 0 Å². The smallest absolute Gasteiger partial charge is 0.200 e. The third kappa shape index (κ3) is 3.05. The van der Waals surface area contributed by atoms with Crippen LogP contribution in [-0.2, 0) is 6.54 Å². The Balaban J connectivity index is 2.78. The molecule has 6 heteroatoms. The molecule has 0 saturated heterocycles. The van der Waals surface area contributed by atoms with Gasteiger partial charge in [0.2, 0.25) is 5.16 Å². The maximum absolute atomic E-state index is 9.50. The maximum atomic E-state index is 9.50. The van der Waals surface area contributed by atoms with Gasteiger partial charge in [-0.25, -0.2) is 9.67 Å². The number of thioether (sulfide) groups is 1. The topological polar surface area (TPSA) is 74.7 Å². The Morgan fingerprint density at radius 1 is 1.77 bits per heavy atom. The first-order valence-electron chi connectivity index (χ1n) is 3.69. The van der Waals surface area contributed by atoms with Gasteiger partial charge in [-0.2, -0.15) is 10.4 Å². The van der Waals surface area contributed by atoms with Crippen molar-refractivity contribution in [2.24, 2.45) is 0 Å². The highest BCUT2D eigenvalue weighted by Crippen LogP contribution is 2.14. The van der Waals surface area contributed by atoms with Gasteiger partial charge in [0.05, 0.1) is 12.1 Å². The molecule has 0 saturated carbocycles. The summed E-state index contributed by atoms with van der Waals surface area (Å²) in [6, 6.07) is 0. The van der Waals surface area contributed by atoms with Crippen LogP contribution in [0.4, 0.5) is 0 Å². The summed E-state index contributed by atoms with van der Waals surface area (Å²) in [7, 11) is 0. The monoisotopic (exact) mass is 198 g/mol. The zero-order chi connectivity index (χ0) is 9.90. The molecular formula is C7H10N4OS. The quantitative estimate of drug-likeness (QED) is 0.569. The molecule has 0 fully saturated rings. The summed E-state index contributed by atoms with van der Waals surface area (Å²) in [5.41, 5.74) is -0.849. The fourth-order valence-electron chi connectivity index (χ4n) is 0.848. The molecule has 70 valence electrons. The molecule has 0 amide bonds. The predicted octanol–water partition coefficient (Wildman–Crippen LogP) is 0.622. The first-order chi connectivity index (χ1) is 6.03. The molecular weight excluding hydrogens is 188 g/mol. The van der Waals surface area contributed by atoms with E-state index in [0.717, 1.165) is 11.8 Å². The lowest BCUT2D eigenvalue weighted by atomic mass is 10.1. The minimum atomic E-state index is -0.849. The van der Waals surface area contributed by atoms with Crippen LogP contribution in [0.5, 0.6) is 0 Å². The Morgan fingerprint density at radius 3 is 3.00 bits per heavy atom. The first-order valence-corrected chi connectivity index (χ1v) is 4.51. The second-order valence-corrected chi connectivity index (χ2v) is 3.96. The lowest BCUT2D eigenvalue weighted by Gasteiger charge is -2.16. The van der Waals surface area contributed by atoms with Gasteiger partial charge in [0.1, 0.15) is 11.7 Å². The lowest BCUT2D eigenvalue weighted by molar-refractivity contribution is 0.0547. The van der Waals surface area contributed by atoms with Crippen molar-refractivity contribution in [2.45, 2.75) is 31.1 Å². The van der Waals surface area contributed by atoms with Gasteiger partial charge in [-0.15, -0.1) is 0 Å². The van der Waals surface area contributed by atoms with Crippen LogP contribution in [0.25, 0.3) is 0 Å². The number of thiocyanates is 1.